The third-order valence-electron chi connectivity index (χ3n) is 2.86. The minimum absolute atomic E-state index is 0.199. The van der Waals surface area contributed by atoms with E-state index in [0.717, 1.165) is 10.0 Å². The summed E-state index contributed by atoms with van der Waals surface area (Å²) >= 11 is 3.41. The molecule has 0 saturated carbocycles. The molecule has 2 rings (SSSR count). The SMILES string of the molecule is Cc1cc(Br)c(NC(=O)c2cccnc2C)cc1N. The second-order valence-corrected chi connectivity index (χ2v) is 5.13. The highest BCUT2D eigenvalue weighted by atomic mass is 79.9. The highest BCUT2D eigenvalue weighted by Crippen LogP contribution is 2.28. The molecule has 4 nitrogen and oxygen atoms in total. The van der Waals surface area contributed by atoms with Gasteiger partial charge >= 0.3 is 0 Å². The van der Waals surface area contributed by atoms with E-state index in [1.807, 2.05) is 13.0 Å². The fraction of sp³-hybridized carbons (Fsp3) is 0.143. The maximum atomic E-state index is 12.2. The van der Waals surface area contributed by atoms with Gasteiger partial charge in [-0.3, -0.25) is 9.78 Å². The van der Waals surface area contributed by atoms with Crippen LogP contribution in [-0.4, -0.2) is 10.9 Å². The predicted molar refractivity (Wildman–Crippen MR) is 80.2 cm³/mol. The highest BCUT2D eigenvalue weighted by Gasteiger charge is 2.12. The van der Waals surface area contributed by atoms with E-state index in [1.54, 1.807) is 31.3 Å². The van der Waals surface area contributed by atoms with Gasteiger partial charge in [0.05, 0.1) is 11.3 Å². The van der Waals surface area contributed by atoms with Gasteiger partial charge in [0.15, 0.2) is 0 Å². The number of nitrogens with one attached hydrogen (secondary N) is 1. The Balaban J connectivity index is 2.30. The lowest BCUT2D eigenvalue weighted by molar-refractivity contribution is 0.102. The van der Waals surface area contributed by atoms with E-state index in [-0.39, 0.29) is 5.91 Å². The van der Waals surface area contributed by atoms with Crippen LogP contribution in [0.15, 0.2) is 34.9 Å². The van der Waals surface area contributed by atoms with Crippen LogP contribution in [0.2, 0.25) is 0 Å². The number of nitrogens with zero attached hydrogens (tertiary/aromatic N) is 1. The van der Waals surface area contributed by atoms with Gasteiger partial charge in [0.25, 0.3) is 5.91 Å². The largest absolute Gasteiger partial charge is 0.398 e. The number of amides is 1. The summed E-state index contributed by atoms with van der Waals surface area (Å²) in [5, 5.41) is 2.83. The van der Waals surface area contributed by atoms with Gasteiger partial charge < -0.3 is 11.1 Å². The molecule has 98 valence electrons. The molecule has 0 spiro atoms. The predicted octanol–water partition coefficient (Wildman–Crippen LogP) is 3.30. The van der Waals surface area contributed by atoms with E-state index >= 15 is 0 Å². The summed E-state index contributed by atoms with van der Waals surface area (Å²) in [6.45, 7) is 3.71. The molecular weight excluding hydrogens is 306 g/mol. The number of rotatable bonds is 2. The fourth-order valence-corrected chi connectivity index (χ4v) is 2.26. The highest BCUT2D eigenvalue weighted by molar-refractivity contribution is 9.10. The fourth-order valence-electron chi connectivity index (χ4n) is 1.70. The van der Waals surface area contributed by atoms with Crippen molar-refractivity contribution in [3.8, 4) is 0 Å². The van der Waals surface area contributed by atoms with Crippen LogP contribution in [0.1, 0.15) is 21.6 Å². The number of pyridine rings is 1. The lowest BCUT2D eigenvalue weighted by Crippen LogP contribution is -2.14. The van der Waals surface area contributed by atoms with Crippen LogP contribution < -0.4 is 11.1 Å². The molecule has 0 fully saturated rings. The maximum absolute atomic E-state index is 12.2. The van der Waals surface area contributed by atoms with Crippen molar-refractivity contribution in [1.82, 2.24) is 4.98 Å². The summed E-state index contributed by atoms with van der Waals surface area (Å²) in [5.74, 6) is -0.199. The standard InChI is InChI=1S/C14H14BrN3O/c1-8-6-11(15)13(7-12(8)16)18-14(19)10-4-3-5-17-9(10)2/h3-7H,16H2,1-2H3,(H,18,19). The van der Waals surface area contributed by atoms with Crippen molar-refractivity contribution in [1.29, 1.82) is 0 Å². The second kappa shape index (κ2) is 5.40. The molecule has 1 aromatic carbocycles. The van der Waals surface area contributed by atoms with Gasteiger partial charge in [0.1, 0.15) is 0 Å². The molecule has 0 aliphatic heterocycles. The van der Waals surface area contributed by atoms with Gasteiger partial charge in [-0.15, -0.1) is 0 Å². The zero-order valence-corrected chi connectivity index (χ0v) is 12.3. The topological polar surface area (TPSA) is 68.0 Å². The van der Waals surface area contributed by atoms with Gasteiger partial charge in [-0.2, -0.15) is 0 Å². The summed E-state index contributed by atoms with van der Waals surface area (Å²) < 4.78 is 0.800. The third-order valence-corrected chi connectivity index (χ3v) is 3.51. The average molecular weight is 320 g/mol. The average Bonchev–Trinajstić information content (AvgIpc) is 2.36. The van der Waals surface area contributed by atoms with Gasteiger partial charge in [-0.05, 0) is 59.6 Å². The number of nitrogens with two attached hydrogens (primary N) is 1. The zero-order valence-electron chi connectivity index (χ0n) is 10.7. The van der Waals surface area contributed by atoms with Gasteiger partial charge in [-0.25, -0.2) is 0 Å². The van der Waals surface area contributed by atoms with Gasteiger partial charge in [0.2, 0.25) is 0 Å². The molecule has 0 aliphatic rings. The van der Waals surface area contributed by atoms with Crippen LogP contribution in [0.25, 0.3) is 0 Å². The quantitative estimate of drug-likeness (QED) is 0.834. The maximum Gasteiger partial charge on any atom is 0.257 e. The van der Waals surface area contributed by atoms with Gasteiger partial charge in [-0.1, -0.05) is 0 Å². The van der Waals surface area contributed by atoms with E-state index in [0.29, 0.717) is 22.6 Å². The number of aromatic nitrogens is 1. The number of hydrogen-bond donors (Lipinski definition) is 2. The lowest BCUT2D eigenvalue weighted by Gasteiger charge is -2.11. The molecule has 2 aromatic rings. The van der Waals surface area contributed by atoms with Crippen LogP contribution in [0.4, 0.5) is 11.4 Å². The minimum atomic E-state index is -0.199. The Bertz CT molecular complexity index is 641. The van der Waals surface area contributed by atoms with Crippen molar-refractivity contribution in [3.05, 3.63) is 51.8 Å². The summed E-state index contributed by atoms with van der Waals surface area (Å²) in [4.78, 5) is 16.3. The molecule has 5 heteroatoms. The summed E-state index contributed by atoms with van der Waals surface area (Å²) in [6, 6.07) is 7.09. The first-order valence-electron chi connectivity index (χ1n) is 5.77. The Morgan fingerprint density at radius 3 is 2.79 bits per heavy atom. The van der Waals surface area contributed by atoms with Crippen LogP contribution in [0.5, 0.6) is 0 Å². The molecule has 0 unspecified atom stereocenters. The molecule has 19 heavy (non-hydrogen) atoms. The zero-order chi connectivity index (χ0) is 14.0. The van der Waals surface area contributed by atoms with E-state index in [4.69, 9.17) is 5.73 Å². The number of carbonyl (C=O) groups excluding carboxylic acids is 1. The molecule has 0 atom stereocenters. The Kier molecular flexibility index (Phi) is 3.85. The number of nitrogen functional groups attached to an aromatic ring is 1. The molecule has 0 aliphatic carbocycles. The van der Waals surface area contributed by atoms with Crippen molar-refractivity contribution >= 4 is 33.2 Å². The second-order valence-electron chi connectivity index (χ2n) is 4.28. The Morgan fingerprint density at radius 1 is 1.37 bits per heavy atom. The van der Waals surface area contributed by atoms with E-state index in [9.17, 15) is 4.79 Å². The molecule has 0 bridgehead atoms. The van der Waals surface area contributed by atoms with E-state index < -0.39 is 0 Å². The van der Waals surface area contributed by atoms with Crippen molar-refractivity contribution < 1.29 is 4.79 Å². The number of halogens is 1. The van der Waals surface area contributed by atoms with E-state index in [2.05, 4.69) is 26.2 Å². The first-order chi connectivity index (χ1) is 8.99. The Hall–Kier alpha value is -1.88. The molecule has 1 aromatic heterocycles. The van der Waals surface area contributed by atoms with Crippen LogP contribution in [-0.2, 0) is 0 Å². The molecule has 3 N–H and O–H groups in total. The van der Waals surface area contributed by atoms with Crippen molar-refractivity contribution in [2.75, 3.05) is 11.1 Å². The van der Waals surface area contributed by atoms with Crippen molar-refractivity contribution in [2.24, 2.45) is 0 Å². The number of anilines is 2. The summed E-state index contributed by atoms with van der Waals surface area (Å²) in [7, 11) is 0. The van der Waals surface area contributed by atoms with Crippen LogP contribution in [0.3, 0.4) is 0 Å². The monoisotopic (exact) mass is 319 g/mol. The van der Waals surface area contributed by atoms with Crippen molar-refractivity contribution in [3.63, 3.8) is 0 Å². The third kappa shape index (κ3) is 2.93. The smallest absolute Gasteiger partial charge is 0.257 e. The van der Waals surface area contributed by atoms with Crippen LogP contribution in [0, 0.1) is 13.8 Å². The number of aryl methyl sites for hydroxylation is 2. The van der Waals surface area contributed by atoms with Gasteiger partial charge in [0, 0.05) is 22.1 Å². The first-order valence-corrected chi connectivity index (χ1v) is 6.57. The minimum Gasteiger partial charge on any atom is -0.398 e. The van der Waals surface area contributed by atoms with Crippen molar-refractivity contribution in [2.45, 2.75) is 13.8 Å². The lowest BCUT2D eigenvalue weighted by atomic mass is 10.1. The molecule has 0 radical (unpaired) electrons. The number of hydrogen-bond acceptors (Lipinski definition) is 3. The summed E-state index contributed by atoms with van der Waals surface area (Å²) in [5.41, 5.74) is 9.34. The first kappa shape index (κ1) is 13.5. The number of benzene rings is 1. The normalized spacial score (nSPS) is 10.3. The number of carbonyl (C=O) groups is 1. The molecular formula is C14H14BrN3O. The Labute approximate surface area is 120 Å². The molecule has 0 saturated heterocycles. The van der Waals surface area contributed by atoms with Crippen LogP contribution >= 0.6 is 15.9 Å². The molecule has 1 heterocycles. The Morgan fingerprint density at radius 2 is 2.11 bits per heavy atom. The summed E-state index contributed by atoms with van der Waals surface area (Å²) in [6.07, 6.45) is 1.66. The molecule has 1 amide bonds. The van der Waals surface area contributed by atoms with E-state index in [1.165, 1.54) is 0 Å².